The molecule has 0 saturated heterocycles. The van der Waals surface area contributed by atoms with Crippen molar-refractivity contribution in [1.82, 2.24) is 10.3 Å². The van der Waals surface area contributed by atoms with Gasteiger partial charge >= 0.3 is 0 Å². The van der Waals surface area contributed by atoms with Crippen molar-refractivity contribution < 1.29 is 9.90 Å². The minimum absolute atomic E-state index is 0.0831. The molecule has 1 aromatic heterocycles. The lowest BCUT2D eigenvalue weighted by molar-refractivity contribution is 0.0873. The first kappa shape index (κ1) is 14.3. The first-order chi connectivity index (χ1) is 9.19. The summed E-state index contributed by atoms with van der Waals surface area (Å²) in [5.41, 5.74) is 0.592. The minimum Gasteiger partial charge on any atom is -0.393 e. The summed E-state index contributed by atoms with van der Waals surface area (Å²) in [5, 5.41) is 13.4. The number of hydrogen-bond acceptors (Lipinski definition) is 4. The van der Waals surface area contributed by atoms with E-state index in [4.69, 9.17) is 0 Å². The molecule has 0 aliphatic heterocycles. The van der Waals surface area contributed by atoms with E-state index in [1.165, 1.54) is 0 Å². The van der Waals surface area contributed by atoms with Crippen molar-refractivity contribution in [3.63, 3.8) is 0 Å². The zero-order chi connectivity index (χ0) is 13.7. The van der Waals surface area contributed by atoms with Gasteiger partial charge in [-0.05, 0) is 43.6 Å². The number of carbonyl (C=O) groups is 1. The van der Waals surface area contributed by atoms with E-state index >= 15 is 0 Å². The first-order valence-electron chi connectivity index (χ1n) is 6.65. The number of hydrogen-bond donors (Lipinski definition) is 2. The van der Waals surface area contributed by atoms with Crippen molar-refractivity contribution in [2.45, 2.75) is 36.8 Å². The normalized spacial score (nSPS) is 23.1. The fourth-order valence-corrected chi connectivity index (χ4v) is 2.78. The van der Waals surface area contributed by atoms with Crippen LogP contribution in [0.5, 0.6) is 0 Å². The van der Waals surface area contributed by atoms with Gasteiger partial charge in [-0.25, -0.2) is 4.98 Å². The third-order valence-corrected chi connectivity index (χ3v) is 4.17. The second-order valence-electron chi connectivity index (χ2n) is 4.99. The summed E-state index contributed by atoms with van der Waals surface area (Å²) >= 11 is 1.55. The Kier molecular flexibility index (Phi) is 5.22. The standard InChI is InChI=1S/C14H20N2O2S/c1-19-13-6-5-11(9-15-13)14(18)16-8-10-3-2-4-12(17)7-10/h5-6,9-10,12,17H,2-4,7-8H2,1H3,(H,16,18). The molecule has 1 saturated carbocycles. The average molecular weight is 280 g/mol. The molecule has 5 heteroatoms. The number of amides is 1. The van der Waals surface area contributed by atoms with E-state index in [1.807, 2.05) is 12.3 Å². The van der Waals surface area contributed by atoms with Crippen LogP contribution in [0, 0.1) is 5.92 Å². The van der Waals surface area contributed by atoms with E-state index in [0.717, 1.165) is 30.7 Å². The molecule has 0 spiro atoms. The summed E-state index contributed by atoms with van der Waals surface area (Å²) < 4.78 is 0. The molecule has 1 aromatic rings. The van der Waals surface area contributed by atoms with Gasteiger partial charge in [-0.15, -0.1) is 11.8 Å². The molecule has 1 fully saturated rings. The van der Waals surface area contributed by atoms with E-state index in [-0.39, 0.29) is 12.0 Å². The number of nitrogens with one attached hydrogen (secondary N) is 1. The Morgan fingerprint density at radius 1 is 1.53 bits per heavy atom. The zero-order valence-corrected chi connectivity index (χ0v) is 11.9. The van der Waals surface area contributed by atoms with Crippen molar-refractivity contribution in [3.05, 3.63) is 23.9 Å². The molecule has 1 aliphatic carbocycles. The van der Waals surface area contributed by atoms with Crippen LogP contribution in [0.2, 0.25) is 0 Å². The minimum atomic E-state index is -0.196. The van der Waals surface area contributed by atoms with Crippen LogP contribution in [0.4, 0.5) is 0 Å². The molecule has 2 atom stereocenters. The highest BCUT2D eigenvalue weighted by Crippen LogP contribution is 2.23. The molecule has 2 rings (SSSR count). The summed E-state index contributed by atoms with van der Waals surface area (Å²) in [6, 6.07) is 3.65. The first-order valence-corrected chi connectivity index (χ1v) is 7.88. The summed E-state index contributed by atoms with van der Waals surface area (Å²) in [6.07, 6.45) is 7.19. The van der Waals surface area contributed by atoms with Crippen molar-refractivity contribution in [3.8, 4) is 0 Å². The van der Waals surface area contributed by atoms with Crippen LogP contribution in [-0.2, 0) is 0 Å². The fourth-order valence-electron chi connectivity index (χ4n) is 2.42. The molecule has 1 aliphatic rings. The fraction of sp³-hybridized carbons (Fsp3) is 0.571. The van der Waals surface area contributed by atoms with E-state index in [0.29, 0.717) is 18.0 Å². The van der Waals surface area contributed by atoms with Gasteiger partial charge < -0.3 is 10.4 Å². The monoisotopic (exact) mass is 280 g/mol. The van der Waals surface area contributed by atoms with Crippen LogP contribution in [0.3, 0.4) is 0 Å². The Labute approximate surface area is 118 Å². The second kappa shape index (κ2) is 6.91. The summed E-state index contributed by atoms with van der Waals surface area (Å²) in [5.74, 6) is 0.311. The predicted molar refractivity (Wildman–Crippen MR) is 76.3 cm³/mol. The number of aliphatic hydroxyl groups excluding tert-OH is 1. The number of carbonyl (C=O) groups excluding carboxylic acids is 1. The molecule has 0 bridgehead atoms. The van der Waals surface area contributed by atoms with Gasteiger partial charge in [0, 0.05) is 12.7 Å². The van der Waals surface area contributed by atoms with E-state index in [2.05, 4.69) is 10.3 Å². The Hall–Kier alpha value is -1.07. The van der Waals surface area contributed by atoms with Crippen molar-refractivity contribution in [2.75, 3.05) is 12.8 Å². The predicted octanol–water partition coefficient (Wildman–Crippen LogP) is 2.08. The molecule has 1 heterocycles. The summed E-state index contributed by atoms with van der Waals surface area (Å²) in [6.45, 7) is 0.639. The van der Waals surface area contributed by atoms with Gasteiger partial charge in [-0.3, -0.25) is 4.79 Å². The number of aromatic nitrogens is 1. The molecular weight excluding hydrogens is 260 g/mol. The molecule has 2 unspecified atom stereocenters. The van der Waals surface area contributed by atoms with Crippen molar-refractivity contribution >= 4 is 17.7 Å². The van der Waals surface area contributed by atoms with Gasteiger partial charge in [0.1, 0.15) is 0 Å². The smallest absolute Gasteiger partial charge is 0.252 e. The molecule has 104 valence electrons. The van der Waals surface area contributed by atoms with Gasteiger partial charge in [0.2, 0.25) is 0 Å². The van der Waals surface area contributed by atoms with Gasteiger partial charge in [-0.2, -0.15) is 0 Å². The zero-order valence-electron chi connectivity index (χ0n) is 11.1. The maximum atomic E-state index is 11.9. The quantitative estimate of drug-likeness (QED) is 0.829. The molecular formula is C14H20N2O2S. The highest BCUT2D eigenvalue weighted by molar-refractivity contribution is 7.98. The molecule has 0 aromatic carbocycles. The number of pyridine rings is 1. The third kappa shape index (κ3) is 4.21. The molecule has 2 N–H and O–H groups in total. The maximum absolute atomic E-state index is 11.9. The summed E-state index contributed by atoms with van der Waals surface area (Å²) in [4.78, 5) is 16.1. The van der Waals surface area contributed by atoms with Gasteiger partial charge in [0.05, 0.1) is 16.7 Å². The van der Waals surface area contributed by atoms with Crippen LogP contribution in [0.25, 0.3) is 0 Å². The lowest BCUT2D eigenvalue weighted by Crippen LogP contribution is -2.33. The van der Waals surface area contributed by atoms with Crippen LogP contribution >= 0.6 is 11.8 Å². The molecule has 19 heavy (non-hydrogen) atoms. The summed E-state index contributed by atoms with van der Waals surface area (Å²) in [7, 11) is 0. The lowest BCUT2D eigenvalue weighted by atomic mass is 9.87. The van der Waals surface area contributed by atoms with Crippen LogP contribution in [0.1, 0.15) is 36.0 Å². The lowest BCUT2D eigenvalue weighted by Gasteiger charge is -2.25. The van der Waals surface area contributed by atoms with E-state index in [9.17, 15) is 9.90 Å². The largest absolute Gasteiger partial charge is 0.393 e. The average Bonchev–Trinajstić information content (AvgIpc) is 2.45. The van der Waals surface area contributed by atoms with Gasteiger partial charge in [0.25, 0.3) is 5.91 Å². The molecule has 4 nitrogen and oxygen atoms in total. The third-order valence-electron chi connectivity index (χ3n) is 3.51. The van der Waals surface area contributed by atoms with Crippen LogP contribution in [0.15, 0.2) is 23.4 Å². The Morgan fingerprint density at radius 3 is 3.00 bits per heavy atom. The molecule has 0 radical (unpaired) electrons. The van der Waals surface area contributed by atoms with Crippen LogP contribution in [-0.4, -0.2) is 34.9 Å². The maximum Gasteiger partial charge on any atom is 0.252 e. The highest BCUT2D eigenvalue weighted by atomic mass is 32.2. The van der Waals surface area contributed by atoms with Gasteiger partial charge in [0.15, 0.2) is 0 Å². The van der Waals surface area contributed by atoms with E-state index in [1.54, 1.807) is 24.0 Å². The number of rotatable bonds is 4. The Balaban J connectivity index is 1.83. The second-order valence-corrected chi connectivity index (χ2v) is 5.81. The molecule has 1 amide bonds. The topological polar surface area (TPSA) is 62.2 Å². The Morgan fingerprint density at radius 2 is 2.37 bits per heavy atom. The number of thioether (sulfide) groups is 1. The van der Waals surface area contributed by atoms with Crippen LogP contribution < -0.4 is 5.32 Å². The Bertz CT molecular complexity index is 422. The van der Waals surface area contributed by atoms with Crippen molar-refractivity contribution in [2.24, 2.45) is 5.92 Å². The van der Waals surface area contributed by atoms with Crippen molar-refractivity contribution in [1.29, 1.82) is 0 Å². The number of nitrogens with zero attached hydrogens (tertiary/aromatic N) is 1. The van der Waals surface area contributed by atoms with Gasteiger partial charge in [-0.1, -0.05) is 6.42 Å². The van der Waals surface area contributed by atoms with E-state index < -0.39 is 0 Å². The SMILES string of the molecule is CSc1ccc(C(=O)NCC2CCCC(O)C2)cn1. The highest BCUT2D eigenvalue weighted by Gasteiger charge is 2.20. The number of aliphatic hydroxyl groups is 1.